The van der Waals surface area contributed by atoms with Gasteiger partial charge in [0.2, 0.25) is 5.91 Å². The standard InChI is InChI=1S/C16H25N3O2/c1-11(2)8-18-15(20)9-19-10-16(3,4)21-14-6-5-12(17)7-13(14)19/h5-7,11H,8-10,17H2,1-4H3,(H,18,20). The second-order valence-electron chi connectivity index (χ2n) is 6.64. The summed E-state index contributed by atoms with van der Waals surface area (Å²) in [4.78, 5) is 14.1. The summed E-state index contributed by atoms with van der Waals surface area (Å²) in [6.07, 6.45) is 0. The Kier molecular flexibility index (Phi) is 4.30. The van der Waals surface area contributed by atoms with E-state index in [2.05, 4.69) is 19.2 Å². The van der Waals surface area contributed by atoms with Crippen molar-refractivity contribution in [2.75, 3.05) is 30.3 Å². The maximum Gasteiger partial charge on any atom is 0.239 e. The van der Waals surface area contributed by atoms with Crippen LogP contribution in [0.3, 0.4) is 0 Å². The molecule has 2 rings (SSSR count). The lowest BCUT2D eigenvalue weighted by Gasteiger charge is -2.40. The van der Waals surface area contributed by atoms with Crippen LogP contribution in [0.15, 0.2) is 18.2 Å². The average molecular weight is 291 g/mol. The van der Waals surface area contributed by atoms with Gasteiger partial charge >= 0.3 is 0 Å². The number of carbonyl (C=O) groups is 1. The van der Waals surface area contributed by atoms with Crippen molar-refractivity contribution in [3.63, 3.8) is 0 Å². The number of anilines is 2. The van der Waals surface area contributed by atoms with E-state index in [1.54, 1.807) is 0 Å². The highest BCUT2D eigenvalue weighted by Gasteiger charge is 2.32. The first-order valence-electron chi connectivity index (χ1n) is 7.37. The molecule has 1 heterocycles. The Morgan fingerprint density at radius 1 is 1.48 bits per heavy atom. The molecule has 1 amide bonds. The van der Waals surface area contributed by atoms with Crippen molar-refractivity contribution in [1.29, 1.82) is 0 Å². The van der Waals surface area contributed by atoms with E-state index in [1.165, 1.54) is 0 Å². The molecule has 1 aromatic rings. The van der Waals surface area contributed by atoms with Crippen LogP contribution >= 0.6 is 0 Å². The zero-order valence-electron chi connectivity index (χ0n) is 13.3. The lowest BCUT2D eigenvalue weighted by Crippen LogP contribution is -2.50. The van der Waals surface area contributed by atoms with Gasteiger partial charge in [-0.1, -0.05) is 13.8 Å². The molecule has 0 saturated heterocycles. The molecule has 0 spiro atoms. The van der Waals surface area contributed by atoms with Gasteiger partial charge in [-0.05, 0) is 38.0 Å². The molecule has 3 N–H and O–H groups in total. The molecule has 0 aliphatic carbocycles. The average Bonchev–Trinajstić information content (AvgIpc) is 2.36. The van der Waals surface area contributed by atoms with E-state index in [4.69, 9.17) is 10.5 Å². The molecule has 5 heteroatoms. The van der Waals surface area contributed by atoms with Crippen LogP contribution in [0.25, 0.3) is 0 Å². The molecule has 1 aliphatic rings. The Hall–Kier alpha value is -1.91. The molecule has 0 bridgehead atoms. The van der Waals surface area contributed by atoms with Crippen molar-refractivity contribution in [2.24, 2.45) is 5.92 Å². The van der Waals surface area contributed by atoms with Crippen LogP contribution in [-0.4, -0.2) is 31.1 Å². The summed E-state index contributed by atoms with van der Waals surface area (Å²) in [6, 6.07) is 5.54. The molecule has 21 heavy (non-hydrogen) atoms. The fourth-order valence-electron chi connectivity index (χ4n) is 2.43. The lowest BCUT2D eigenvalue weighted by molar-refractivity contribution is -0.120. The van der Waals surface area contributed by atoms with E-state index in [0.717, 1.165) is 11.4 Å². The zero-order valence-corrected chi connectivity index (χ0v) is 13.3. The van der Waals surface area contributed by atoms with Crippen molar-refractivity contribution in [3.05, 3.63) is 18.2 Å². The van der Waals surface area contributed by atoms with E-state index >= 15 is 0 Å². The Bertz CT molecular complexity index is 526. The van der Waals surface area contributed by atoms with Gasteiger partial charge in [0, 0.05) is 12.2 Å². The van der Waals surface area contributed by atoms with Crippen LogP contribution < -0.4 is 20.7 Å². The zero-order chi connectivity index (χ0) is 15.6. The highest BCUT2D eigenvalue weighted by Crippen LogP contribution is 2.37. The van der Waals surface area contributed by atoms with Gasteiger partial charge in [-0.2, -0.15) is 0 Å². The fraction of sp³-hybridized carbons (Fsp3) is 0.562. The summed E-state index contributed by atoms with van der Waals surface area (Å²) in [7, 11) is 0. The number of ether oxygens (including phenoxy) is 1. The predicted octanol–water partition coefficient (Wildman–Crippen LogP) is 2.02. The molecular formula is C16H25N3O2. The first kappa shape index (κ1) is 15.5. The van der Waals surface area contributed by atoms with Gasteiger partial charge in [0.05, 0.1) is 18.8 Å². The topological polar surface area (TPSA) is 67.6 Å². The highest BCUT2D eigenvalue weighted by atomic mass is 16.5. The number of nitrogens with two attached hydrogens (primary N) is 1. The molecule has 5 nitrogen and oxygen atoms in total. The molecular weight excluding hydrogens is 266 g/mol. The minimum absolute atomic E-state index is 0.0229. The van der Waals surface area contributed by atoms with Crippen LogP contribution in [0.4, 0.5) is 11.4 Å². The fourth-order valence-corrected chi connectivity index (χ4v) is 2.43. The van der Waals surface area contributed by atoms with Gasteiger partial charge in [-0.25, -0.2) is 0 Å². The molecule has 0 aromatic heterocycles. The van der Waals surface area contributed by atoms with Crippen molar-refractivity contribution in [3.8, 4) is 5.75 Å². The van der Waals surface area contributed by atoms with Crippen molar-refractivity contribution in [2.45, 2.75) is 33.3 Å². The Labute approximate surface area is 126 Å². The maximum atomic E-state index is 12.1. The SMILES string of the molecule is CC(C)CNC(=O)CN1CC(C)(C)Oc2ccc(N)cc21. The minimum Gasteiger partial charge on any atom is -0.484 e. The van der Waals surface area contributed by atoms with Crippen LogP contribution in [0.2, 0.25) is 0 Å². The van der Waals surface area contributed by atoms with Gasteiger partial charge < -0.3 is 20.7 Å². The quantitative estimate of drug-likeness (QED) is 0.833. The second-order valence-corrected chi connectivity index (χ2v) is 6.64. The molecule has 0 saturated carbocycles. The number of rotatable bonds is 4. The molecule has 0 unspecified atom stereocenters. The van der Waals surface area contributed by atoms with Crippen molar-refractivity contribution < 1.29 is 9.53 Å². The number of amides is 1. The van der Waals surface area contributed by atoms with Crippen LogP contribution in [0.1, 0.15) is 27.7 Å². The summed E-state index contributed by atoms with van der Waals surface area (Å²) in [5, 5.41) is 2.95. The number of fused-ring (bicyclic) bond motifs is 1. The third-order valence-corrected chi connectivity index (χ3v) is 3.32. The van der Waals surface area contributed by atoms with E-state index in [-0.39, 0.29) is 11.5 Å². The van der Waals surface area contributed by atoms with Crippen LogP contribution in [0.5, 0.6) is 5.75 Å². The number of nitrogen functional groups attached to an aromatic ring is 1. The van der Waals surface area contributed by atoms with Gasteiger partial charge in [0.15, 0.2) is 0 Å². The highest BCUT2D eigenvalue weighted by molar-refractivity contribution is 5.83. The molecule has 0 fully saturated rings. The maximum absolute atomic E-state index is 12.1. The van der Waals surface area contributed by atoms with E-state index < -0.39 is 0 Å². The number of nitrogens with one attached hydrogen (secondary N) is 1. The van der Waals surface area contributed by atoms with Crippen LogP contribution in [0, 0.1) is 5.92 Å². The number of nitrogens with zero attached hydrogens (tertiary/aromatic N) is 1. The lowest BCUT2D eigenvalue weighted by atomic mass is 10.0. The van der Waals surface area contributed by atoms with Gasteiger partial charge in [-0.15, -0.1) is 0 Å². The Morgan fingerprint density at radius 2 is 2.19 bits per heavy atom. The van der Waals surface area contributed by atoms with Crippen molar-refractivity contribution >= 4 is 17.3 Å². The third-order valence-electron chi connectivity index (χ3n) is 3.32. The van der Waals surface area contributed by atoms with Gasteiger partial charge in [0.1, 0.15) is 11.4 Å². The molecule has 0 radical (unpaired) electrons. The van der Waals surface area contributed by atoms with E-state index in [0.29, 0.717) is 31.2 Å². The summed E-state index contributed by atoms with van der Waals surface area (Å²) in [5.74, 6) is 1.24. The summed E-state index contributed by atoms with van der Waals surface area (Å²) in [5.41, 5.74) is 7.08. The minimum atomic E-state index is -0.332. The number of hydrogen-bond donors (Lipinski definition) is 2. The number of hydrogen-bond acceptors (Lipinski definition) is 4. The van der Waals surface area contributed by atoms with Crippen LogP contribution in [-0.2, 0) is 4.79 Å². The Morgan fingerprint density at radius 3 is 2.86 bits per heavy atom. The first-order valence-corrected chi connectivity index (χ1v) is 7.37. The molecule has 1 aromatic carbocycles. The molecule has 0 atom stereocenters. The largest absolute Gasteiger partial charge is 0.484 e. The molecule has 1 aliphatic heterocycles. The normalized spacial score (nSPS) is 16.3. The molecule has 116 valence electrons. The van der Waals surface area contributed by atoms with Crippen molar-refractivity contribution in [1.82, 2.24) is 5.32 Å². The predicted molar refractivity (Wildman–Crippen MR) is 85.6 cm³/mol. The first-order chi connectivity index (χ1) is 9.77. The monoisotopic (exact) mass is 291 g/mol. The smallest absolute Gasteiger partial charge is 0.239 e. The second kappa shape index (κ2) is 5.84. The third kappa shape index (κ3) is 4.03. The van der Waals surface area contributed by atoms with E-state index in [1.807, 2.05) is 36.9 Å². The number of benzene rings is 1. The number of carbonyl (C=O) groups excluding carboxylic acids is 1. The summed E-state index contributed by atoms with van der Waals surface area (Å²) >= 11 is 0. The van der Waals surface area contributed by atoms with Gasteiger partial charge in [0.25, 0.3) is 0 Å². The summed E-state index contributed by atoms with van der Waals surface area (Å²) < 4.78 is 5.96. The van der Waals surface area contributed by atoms with Gasteiger partial charge in [-0.3, -0.25) is 4.79 Å². The Balaban J connectivity index is 2.15. The van der Waals surface area contributed by atoms with E-state index in [9.17, 15) is 4.79 Å². The summed E-state index contributed by atoms with van der Waals surface area (Å²) in [6.45, 7) is 9.85.